The first kappa shape index (κ1) is 12.4. The molecule has 0 aromatic heterocycles. The molecule has 1 aliphatic heterocycles. The summed E-state index contributed by atoms with van der Waals surface area (Å²) in [5.74, 6) is 0. The Labute approximate surface area is 110 Å². The van der Waals surface area contributed by atoms with Crippen molar-refractivity contribution in [1.29, 1.82) is 5.26 Å². The van der Waals surface area contributed by atoms with Gasteiger partial charge in [-0.25, -0.2) is 0 Å². The Hall–Kier alpha value is -1.05. The minimum Gasteiger partial charge on any atom is -0.381 e. The summed E-state index contributed by atoms with van der Waals surface area (Å²) < 4.78 is 6.35. The lowest BCUT2D eigenvalue weighted by Gasteiger charge is -2.35. The molecule has 1 aliphatic rings. The van der Waals surface area contributed by atoms with E-state index in [0.717, 1.165) is 36.2 Å². The van der Waals surface area contributed by atoms with E-state index < -0.39 is 0 Å². The van der Waals surface area contributed by atoms with Gasteiger partial charge in [-0.3, -0.25) is 0 Å². The first-order valence-electron chi connectivity index (χ1n) is 5.69. The van der Waals surface area contributed by atoms with Crippen molar-refractivity contribution in [3.05, 3.63) is 28.2 Å². The maximum Gasteiger partial charge on any atom is 0.101 e. The Balaban J connectivity index is 2.22. The number of halogens is 1. The van der Waals surface area contributed by atoms with Crippen LogP contribution < -0.4 is 5.32 Å². The molecule has 90 valence electrons. The normalized spacial score (nSPS) is 18.4. The van der Waals surface area contributed by atoms with Gasteiger partial charge in [0.15, 0.2) is 0 Å². The largest absolute Gasteiger partial charge is 0.381 e. The number of nitriles is 1. The molecule has 0 bridgehead atoms. The Bertz CT molecular complexity index is 447. The highest BCUT2D eigenvalue weighted by atomic mass is 79.9. The molecule has 3 nitrogen and oxygen atoms in total. The van der Waals surface area contributed by atoms with Crippen LogP contribution >= 0.6 is 15.9 Å². The van der Waals surface area contributed by atoms with E-state index in [4.69, 9.17) is 10.00 Å². The summed E-state index contributed by atoms with van der Waals surface area (Å²) in [4.78, 5) is 0. The van der Waals surface area contributed by atoms with Crippen molar-refractivity contribution in [2.45, 2.75) is 25.3 Å². The predicted molar refractivity (Wildman–Crippen MR) is 70.9 cm³/mol. The van der Waals surface area contributed by atoms with Crippen molar-refractivity contribution in [2.75, 3.05) is 18.5 Å². The van der Waals surface area contributed by atoms with Gasteiger partial charge >= 0.3 is 0 Å². The van der Waals surface area contributed by atoms with Crippen LogP contribution in [-0.4, -0.2) is 18.8 Å². The van der Waals surface area contributed by atoms with Crippen LogP contribution in [0, 0.1) is 11.3 Å². The smallest absolute Gasteiger partial charge is 0.101 e. The molecule has 2 rings (SSSR count). The van der Waals surface area contributed by atoms with Gasteiger partial charge in [0, 0.05) is 23.2 Å². The Morgan fingerprint density at radius 2 is 2.12 bits per heavy atom. The molecule has 17 heavy (non-hydrogen) atoms. The van der Waals surface area contributed by atoms with Crippen molar-refractivity contribution >= 4 is 21.6 Å². The maximum absolute atomic E-state index is 9.09. The lowest BCUT2D eigenvalue weighted by molar-refractivity contribution is 0.0658. The molecule has 1 heterocycles. The van der Waals surface area contributed by atoms with Crippen LogP contribution in [0.1, 0.15) is 25.3 Å². The van der Waals surface area contributed by atoms with E-state index in [-0.39, 0.29) is 5.54 Å². The molecule has 0 radical (unpaired) electrons. The van der Waals surface area contributed by atoms with Crippen LogP contribution in [0.2, 0.25) is 0 Å². The van der Waals surface area contributed by atoms with Crippen molar-refractivity contribution in [1.82, 2.24) is 0 Å². The first-order valence-corrected chi connectivity index (χ1v) is 6.48. The van der Waals surface area contributed by atoms with Gasteiger partial charge in [0.1, 0.15) is 6.07 Å². The summed E-state index contributed by atoms with van der Waals surface area (Å²) in [7, 11) is 0. The van der Waals surface area contributed by atoms with Gasteiger partial charge in [-0.1, -0.05) is 15.9 Å². The number of anilines is 1. The molecule has 0 spiro atoms. The minimum atomic E-state index is 0.0185. The third-order valence-corrected chi connectivity index (χ3v) is 3.63. The summed E-state index contributed by atoms with van der Waals surface area (Å²) >= 11 is 3.43. The van der Waals surface area contributed by atoms with E-state index in [9.17, 15) is 0 Å². The number of ether oxygens (including phenoxy) is 1. The fourth-order valence-electron chi connectivity index (χ4n) is 1.99. The number of rotatable bonds is 2. The van der Waals surface area contributed by atoms with Gasteiger partial charge in [-0.2, -0.15) is 5.26 Å². The van der Waals surface area contributed by atoms with Gasteiger partial charge in [-0.05, 0) is 38.0 Å². The molecule has 1 fully saturated rings. The SMILES string of the molecule is CC1(Nc2cc(Br)ccc2C#N)CCOCC1. The fourth-order valence-corrected chi connectivity index (χ4v) is 2.35. The molecule has 0 atom stereocenters. The molecular weight excluding hydrogens is 280 g/mol. The predicted octanol–water partition coefficient (Wildman–Crippen LogP) is 3.30. The number of hydrogen-bond donors (Lipinski definition) is 1. The fraction of sp³-hybridized carbons (Fsp3) is 0.462. The quantitative estimate of drug-likeness (QED) is 0.910. The monoisotopic (exact) mass is 294 g/mol. The number of nitrogens with one attached hydrogen (secondary N) is 1. The lowest BCUT2D eigenvalue weighted by atomic mass is 9.92. The Kier molecular flexibility index (Phi) is 3.70. The summed E-state index contributed by atoms with van der Waals surface area (Å²) in [6, 6.07) is 7.89. The van der Waals surface area contributed by atoms with Crippen LogP contribution in [0.5, 0.6) is 0 Å². The molecule has 1 saturated heterocycles. The van der Waals surface area contributed by atoms with Crippen LogP contribution in [0.25, 0.3) is 0 Å². The van der Waals surface area contributed by atoms with E-state index in [1.54, 1.807) is 0 Å². The van der Waals surface area contributed by atoms with Gasteiger partial charge in [-0.15, -0.1) is 0 Å². The number of benzene rings is 1. The van der Waals surface area contributed by atoms with E-state index in [1.165, 1.54) is 0 Å². The zero-order chi connectivity index (χ0) is 12.3. The maximum atomic E-state index is 9.09. The third kappa shape index (κ3) is 2.99. The summed E-state index contributed by atoms with van der Waals surface area (Å²) in [5.41, 5.74) is 1.59. The lowest BCUT2D eigenvalue weighted by Crippen LogP contribution is -2.40. The van der Waals surface area contributed by atoms with Crippen molar-refractivity contribution < 1.29 is 4.74 Å². The molecular formula is C13H15BrN2O. The molecule has 0 unspecified atom stereocenters. The summed E-state index contributed by atoms with van der Waals surface area (Å²) in [6.07, 6.45) is 1.93. The zero-order valence-corrected chi connectivity index (χ0v) is 11.4. The van der Waals surface area contributed by atoms with Gasteiger partial charge in [0.25, 0.3) is 0 Å². The van der Waals surface area contributed by atoms with Crippen molar-refractivity contribution in [3.8, 4) is 6.07 Å². The number of nitrogens with zero attached hydrogens (tertiary/aromatic N) is 1. The second-order valence-corrected chi connectivity index (χ2v) is 5.52. The topological polar surface area (TPSA) is 45.0 Å². The Morgan fingerprint density at radius 3 is 2.76 bits per heavy atom. The molecule has 0 aliphatic carbocycles. The molecule has 4 heteroatoms. The van der Waals surface area contributed by atoms with Crippen LogP contribution in [-0.2, 0) is 4.74 Å². The average Bonchev–Trinajstić information content (AvgIpc) is 2.29. The van der Waals surface area contributed by atoms with Crippen LogP contribution in [0.4, 0.5) is 5.69 Å². The van der Waals surface area contributed by atoms with E-state index in [1.807, 2.05) is 18.2 Å². The molecule has 1 aromatic rings. The van der Waals surface area contributed by atoms with E-state index >= 15 is 0 Å². The standard InChI is InChI=1S/C13H15BrN2O/c1-13(4-6-17-7-5-13)16-12-8-11(14)3-2-10(12)9-15/h2-3,8,16H,4-7H2,1H3. The van der Waals surface area contributed by atoms with Crippen LogP contribution in [0.3, 0.4) is 0 Å². The Morgan fingerprint density at radius 1 is 1.41 bits per heavy atom. The zero-order valence-electron chi connectivity index (χ0n) is 9.79. The molecule has 1 aromatic carbocycles. The number of hydrogen-bond acceptors (Lipinski definition) is 3. The summed E-state index contributed by atoms with van der Waals surface area (Å²) in [6.45, 7) is 3.73. The van der Waals surface area contributed by atoms with E-state index in [0.29, 0.717) is 5.56 Å². The highest BCUT2D eigenvalue weighted by Crippen LogP contribution is 2.29. The minimum absolute atomic E-state index is 0.0185. The molecule has 0 amide bonds. The highest BCUT2D eigenvalue weighted by Gasteiger charge is 2.27. The molecule has 1 N–H and O–H groups in total. The van der Waals surface area contributed by atoms with Gasteiger partial charge in [0.2, 0.25) is 0 Å². The van der Waals surface area contributed by atoms with Crippen molar-refractivity contribution in [3.63, 3.8) is 0 Å². The van der Waals surface area contributed by atoms with Crippen LogP contribution in [0.15, 0.2) is 22.7 Å². The van der Waals surface area contributed by atoms with Gasteiger partial charge in [0.05, 0.1) is 11.3 Å². The van der Waals surface area contributed by atoms with Crippen molar-refractivity contribution in [2.24, 2.45) is 0 Å². The average molecular weight is 295 g/mol. The second-order valence-electron chi connectivity index (χ2n) is 4.60. The third-order valence-electron chi connectivity index (χ3n) is 3.13. The van der Waals surface area contributed by atoms with E-state index in [2.05, 4.69) is 34.2 Å². The highest BCUT2D eigenvalue weighted by molar-refractivity contribution is 9.10. The van der Waals surface area contributed by atoms with Gasteiger partial charge < -0.3 is 10.1 Å². The first-order chi connectivity index (χ1) is 8.13. The molecule has 0 saturated carbocycles. The second kappa shape index (κ2) is 5.07. The summed E-state index contributed by atoms with van der Waals surface area (Å²) in [5, 5.41) is 12.6.